The summed E-state index contributed by atoms with van der Waals surface area (Å²) in [5, 5.41) is 9.24. The van der Waals surface area contributed by atoms with Gasteiger partial charge < -0.3 is 5.11 Å². The third kappa shape index (κ3) is 3.56. The second-order valence-electron chi connectivity index (χ2n) is 3.12. The smallest absolute Gasteiger partial charge is 0.0547 e. The molecule has 3 heteroatoms. The van der Waals surface area contributed by atoms with Crippen LogP contribution in [0.15, 0.2) is 29.2 Å². The molecule has 0 aliphatic heterocycles. The third-order valence-corrected chi connectivity index (χ3v) is 4.01. The molecule has 78 valence electrons. The van der Waals surface area contributed by atoms with E-state index in [1.165, 1.54) is 10.5 Å². The molecule has 0 bridgehead atoms. The minimum Gasteiger partial charge on any atom is -0.395 e. The fourth-order valence-corrected chi connectivity index (χ4v) is 2.64. The fraction of sp³-hybridized carbons (Fsp3) is 0.455. The molecule has 0 aliphatic carbocycles. The molecule has 1 rings (SSSR count). The summed E-state index contributed by atoms with van der Waals surface area (Å²) in [6.45, 7) is 2.30. The van der Waals surface area contributed by atoms with E-state index in [1.807, 2.05) is 6.92 Å². The number of benzene rings is 1. The van der Waals surface area contributed by atoms with E-state index in [9.17, 15) is 0 Å². The maximum Gasteiger partial charge on any atom is 0.0547 e. The lowest BCUT2D eigenvalue weighted by molar-refractivity contribution is 0.300. The molecule has 0 radical (unpaired) electrons. The molecule has 0 saturated heterocycles. The molecule has 1 aromatic carbocycles. The van der Waals surface area contributed by atoms with Gasteiger partial charge >= 0.3 is 0 Å². The number of aliphatic hydroxyl groups excluding tert-OH is 1. The fourth-order valence-electron chi connectivity index (χ4n) is 1.11. The molecule has 14 heavy (non-hydrogen) atoms. The number of hydrogen-bond acceptors (Lipinski definition) is 3. The van der Waals surface area contributed by atoms with Crippen molar-refractivity contribution in [2.75, 3.05) is 12.9 Å². The Bertz CT molecular complexity index is 276. The molecule has 0 saturated carbocycles. The quantitative estimate of drug-likeness (QED) is 0.782. The van der Waals surface area contributed by atoms with Crippen molar-refractivity contribution in [3.05, 3.63) is 29.8 Å². The van der Waals surface area contributed by atoms with E-state index in [0.29, 0.717) is 5.25 Å². The highest BCUT2D eigenvalue weighted by molar-refractivity contribution is 7.99. The van der Waals surface area contributed by atoms with Gasteiger partial charge in [0.1, 0.15) is 0 Å². The monoisotopic (exact) mass is 228 g/mol. The minimum absolute atomic E-state index is 0.256. The Kier molecular flexibility index (Phi) is 5.45. The van der Waals surface area contributed by atoms with E-state index in [0.717, 1.165) is 5.75 Å². The van der Waals surface area contributed by atoms with Crippen LogP contribution in [0.2, 0.25) is 0 Å². The summed E-state index contributed by atoms with van der Waals surface area (Å²) in [5.74, 6) is 0.985. The van der Waals surface area contributed by atoms with E-state index >= 15 is 0 Å². The summed E-state index contributed by atoms with van der Waals surface area (Å²) < 4.78 is 0. The molecule has 0 fully saturated rings. The Hall–Kier alpha value is -0.120. The number of aliphatic hydroxyl groups is 1. The largest absolute Gasteiger partial charge is 0.395 e. The molecule has 0 aliphatic rings. The van der Waals surface area contributed by atoms with Gasteiger partial charge in [-0.3, -0.25) is 0 Å². The van der Waals surface area contributed by atoms with Gasteiger partial charge in [-0.2, -0.15) is 11.8 Å². The lowest BCUT2D eigenvalue weighted by atomic mass is 10.2. The zero-order chi connectivity index (χ0) is 10.4. The van der Waals surface area contributed by atoms with Gasteiger partial charge in [0.15, 0.2) is 0 Å². The van der Waals surface area contributed by atoms with Crippen molar-refractivity contribution in [1.82, 2.24) is 0 Å². The molecule has 0 aromatic heterocycles. The summed E-state index contributed by atoms with van der Waals surface area (Å²) in [7, 11) is 0. The summed E-state index contributed by atoms with van der Waals surface area (Å²) in [6.07, 6.45) is 2.10. The second kappa shape index (κ2) is 6.38. The van der Waals surface area contributed by atoms with Crippen LogP contribution in [0.1, 0.15) is 12.5 Å². The van der Waals surface area contributed by atoms with Crippen LogP contribution in [0.5, 0.6) is 0 Å². The molecule has 1 atom stereocenters. The van der Waals surface area contributed by atoms with Gasteiger partial charge in [-0.25, -0.2) is 0 Å². The number of thioether (sulfide) groups is 2. The highest BCUT2D eigenvalue weighted by Gasteiger charge is 2.04. The summed E-state index contributed by atoms with van der Waals surface area (Å²) in [6, 6.07) is 8.43. The third-order valence-electron chi connectivity index (χ3n) is 1.97. The summed E-state index contributed by atoms with van der Waals surface area (Å²) in [4.78, 5) is 1.34. The van der Waals surface area contributed by atoms with Crippen molar-refractivity contribution < 1.29 is 5.11 Å². The zero-order valence-electron chi connectivity index (χ0n) is 8.56. The zero-order valence-corrected chi connectivity index (χ0v) is 10.2. The van der Waals surface area contributed by atoms with Gasteiger partial charge in [-0.05, 0) is 17.9 Å². The number of rotatable bonds is 5. The van der Waals surface area contributed by atoms with Gasteiger partial charge in [0.2, 0.25) is 0 Å². The maximum absolute atomic E-state index is 8.91. The van der Waals surface area contributed by atoms with Crippen LogP contribution in [0, 0.1) is 0 Å². The predicted octanol–water partition coefficient (Wildman–Crippen LogP) is 3.02. The molecule has 1 nitrogen and oxygen atoms in total. The SMILES string of the molecule is CSc1ccccc1CS[C@H](C)CO. The minimum atomic E-state index is 0.256. The molecule has 1 aromatic rings. The highest BCUT2D eigenvalue weighted by Crippen LogP contribution is 2.25. The van der Waals surface area contributed by atoms with E-state index < -0.39 is 0 Å². The molecular weight excluding hydrogens is 212 g/mol. The number of hydrogen-bond donors (Lipinski definition) is 1. The van der Waals surface area contributed by atoms with Gasteiger partial charge in [0.05, 0.1) is 6.61 Å². The van der Waals surface area contributed by atoms with Crippen LogP contribution in [-0.2, 0) is 5.75 Å². The average Bonchev–Trinajstić information content (AvgIpc) is 2.26. The first kappa shape index (κ1) is 12.0. The van der Waals surface area contributed by atoms with Crippen LogP contribution in [-0.4, -0.2) is 23.2 Å². The van der Waals surface area contributed by atoms with E-state index in [1.54, 1.807) is 23.5 Å². The van der Waals surface area contributed by atoms with Gasteiger partial charge in [-0.15, -0.1) is 11.8 Å². The van der Waals surface area contributed by atoms with Crippen molar-refractivity contribution in [1.29, 1.82) is 0 Å². The van der Waals surface area contributed by atoms with E-state index in [-0.39, 0.29) is 6.61 Å². The first-order chi connectivity index (χ1) is 6.77. The second-order valence-corrected chi connectivity index (χ2v) is 5.39. The molecule has 0 amide bonds. The molecule has 0 heterocycles. The van der Waals surface area contributed by atoms with Crippen molar-refractivity contribution in [2.45, 2.75) is 22.8 Å². The van der Waals surface area contributed by atoms with Crippen LogP contribution in [0.4, 0.5) is 0 Å². The summed E-state index contributed by atoms with van der Waals surface area (Å²) in [5.41, 5.74) is 1.37. The van der Waals surface area contributed by atoms with Crippen LogP contribution in [0.25, 0.3) is 0 Å². The summed E-state index contributed by atoms with van der Waals surface area (Å²) >= 11 is 3.57. The van der Waals surface area contributed by atoms with E-state index in [2.05, 4.69) is 30.5 Å². The predicted molar refractivity (Wildman–Crippen MR) is 66.1 cm³/mol. The Balaban J connectivity index is 2.57. The lowest BCUT2D eigenvalue weighted by Crippen LogP contribution is -2.02. The van der Waals surface area contributed by atoms with Crippen LogP contribution in [0.3, 0.4) is 0 Å². The van der Waals surface area contributed by atoms with E-state index in [4.69, 9.17) is 5.11 Å². The first-order valence-corrected chi connectivity index (χ1v) is 6.89. The van der Waals surface area contributed by atoms with Crippen molar-refractivity contribution in [3.8, 4) is 0 Å². The van der Waals surface area contributed by atoms with Gasteiger partial charge in [-0.1, -0.05) is 25.1 Å². The van der Waals surface area contributed by atoms with Crippen LogP contribution >= 0.6 is 23.5 Å². The molecular formula is C11H16OS2. The van der Waals surface area contributed by atoms with Gasteiger partial charge in [0, 0.05) is 15.9 Å². The molecule has 1 N–H and O–H groups in total. The Labute approximate surface area is 94.3 Å². The Morgan fingerprint density at radius 1 is 1.36 bits per heavy atom. The van der Waals surface area contributed by atoms with Gasteiger partial charge in [0.25, 0.3) is 0 Å². The average molecular weight is 228 g/mol. The topological polar surface area (TPSA) is 20.2 Å². The van der Waals surface area contributed by atoms with Crippen molar-refractivity contribution >= 4 is 23.5 Å². The maximum atomic E-state index is 8.91. The van der Waals surface area contributed by atoms with Crippen molar-refractivity contribution in [3.63, 3.8) is 0 Å². The Morgan fingerprint density at radius 2 is 2.07 bits per heavy atom. The normalized spacial score (nSPS) is 12.8. The van der Waals surface area contributed by atoms with Crippen LogP contribution < -0.4 is 0 Å². The molecule has 0 spiro atoms. The van der Waals surface area contributed by atoms with Crippen molar-refractivity contribution in [2.24, 2.45) is 0 Å². The lowest BCUT2D eigenvalue weighted by Gasteiger charge is -2.10. The first-order valence-electron chi connectivity index (χ1n) is 4.62. The standard InChI is InChI=1S/C11H16OS2/c1-9(7-12)14-8-10-5-3-4-6-11(10)13-2/h3-6,9,12H,7-8H2,1-2H3/t9-/m1/s1. The highest BCUT2D eigenvalue weighted by atomic mass is 32.2. The molecule has 0 unspecified atom stereocenters. The Morgan fingerprint density at radius 3 is 2.71 bits per heavy atom.